The van der Waals surface area contributed by atoms with Crippen LogP contribution in [0.25, 0.3) is 0 Å². The van der Waals surface area contributed by atoms with Gasteiger partial charge in [0.1, 0.15) is 0 Å². The van der Waals surface area contributed by atoms with Gasteiger partial charge >= 0.3 is 225 Å². The van der Waals surface area contributed by atoms with Crippen LogP contribution in [0.5, 0.6) is 0 Å². The van der Waals surface area contributed by atoms with Gasteiger partial charge in [-0.2, -0.15) is 0 Å². The molecule has 0 radical (unpaired) electrons. The quantitative estimate of drug-likeness (QED) is 0.0951. The van der Waals surface area contributed by atoms with Crippen LogP contribution in [0.15, 0.2) is 0 Å². The molecule has 2 unspecified atom stereocenters. The number of aliphatic hydroxyl groups excluding tert-OH is 6. The van der Waals surface area contributed by atoms with E-state index >= 15 is 0 Å². The fourth-order valence-corrected chi connectivity index (χ4v) is 6.66. The van der Waals surface area contributed by atoms with Gasteiger partial charge in [0.05, 0.1) is 0 Å². The monoisotopic (exact) mass is 592 g/mol. The third-order valence-electron chi connectivity index (χ3n) is 6.20. The van der Waals surface area contributed by atoms with E-state index in [2.05, 4.69) is 10.2 Å². The molecular formula is C24H44N6O6Se. The van der Waals surface area contributed by atoms with Crippen LogP contribution in [0.3, 0.4) is 0 Å². The Morgan fingerprint density at radius 1 is 0.649 bits per heavy atom. The molecule has 2 heterocycles. The molecule has 2 aromatic rings. The van der Waals surface area contributed by atoms with E-state index in [9.17, 15) is 30.6 Å². The van der Waals surface area contributed by atoms with Gasteiger partial charge in [-0.1, -0.05) is 0 Å². The minimum absolute atomic E-state index is 0.0354. The molecule has 0 saturated carbocycles. The first-order valence-corrected chi connectivity index (χ1v) is 14.4. The van der Waals surface area contributed by atoms with E-state index < -0.39 is 12.2 Å². The van der Waals surface area contributed by atoms with E-state index in [1.807, 2.05) is 46.9 Å². The number of aromatic nitrogens is 4. The Balaban J connectivity index is 2.11. The summed E-state index contributed by atoms with van der Waals surface area (Å²) in [6.07, 6.45) is -1.39. The molecule has 212 valence electrons. The van der Waals surface area contributed by atoms with E-state index in [0.29, 0.717) is 52.4 Å². The molecule has 0 aliphatic heterocycles. The number of hydrogen-bond acceptors (Lipinski definition) is 10. The van der Waals surface area contributed by atoms with Gasteiger partial charge in [-0.05, 0) is 0 Å². The van der Waals surface area contributed by atoms with Gasteiger partial charge in [-0.25, -0.2) is 0 Å². The first kappa shape index (κ1) is 31.8. The summed E-state index contributed by atoms with van der Waals surface area (Å²) in [5.74, 6) is 0. The predicted molar refractivity (Wildman–Crippen MR) is 142 cm³/mol. The molecule has 2 rings (SSSR count). The normalized spacial score (nSPS) is 13.7. The Morgan fingerprint density at radius 3 is 1.27 bits per heavy atom. The zero-order valence-electron chi connectivity index (χ0n) is 22.4. The summed E-state index contributed by atoms with van der Waals surface area (Å²) in [4.78, 5) is 3.65. The molecule has 0 bridgehead atoms. The summed E-state index contributed by atoms with van der Waals surface area (Å²) < 4.78 is 5.91. The molecule has 0 amide bonds. The van der Waals surface area contributed by atoms with Crippen LogP contribution in [0.2, 0.25) is 0 Å². The number of rotatable bonds is 18. The van der Waals surface area contributed by atoms with E-state index in [-0.39, 0.29) is 41.4 Å². The molecule has 0 saturated heterocycles. The second kappa shape index (κ2) is 15.9. The van der Waals surface area contributed by atoms with Gasteiger partial charge in [-0.3, -0.25) is 0 Å². The van der Waals surface area contributed by atoms with Crippen molar-refractivity contribution in [2.24, 2.45) is 0 Å². The first-order chi connectivity index (χ1) is 17.6. The summed E-state index contributed by atoms with van der Waals surface area (Å²) in [5, 5.41) is 67.4. The summed E-state index contributed by atoms with van der Waals surface area (Å²) in [6, 6.07) is 0. The molecule has 37 heavy (non-hydrogen) atoms. The molecule has 2 atom stereocenters. The van der Waals surface area contributed by atoms with Gasteiger partial charge in [0, 0.05) is 0 Å². The van der Waals surface area contributed by atoms with Gasteiger partial charge in [0.25, 0.3) is 0 Å². The second-order valence-corrected chi connectivity index (χ2v) is 11.4. The SMILES string of the molecule is Cc1nn(CC(O)CN(CCO)CCO)c(C)c1[Se]c1c(C)nn(CC(O)CN(CCO)CCO)c1C. The number of hydrogen-bond donors (Lipinski definition) is 6. The second-order valence-electron chi connectivity index (χ2n) is 9.27. The predicted octanol–water partition coefficient (Wildman–Crippen LogP) is -3.74. The molecule has 0 spiro atoms. The maximum absolute atomic E-state index is 10.6. The van der Waals surface area contributed by atoms with E-state index in [4.69, 9.17) is 0 Å². The molecule has 0 aliphatic rings. The molecule has 13 heteroatoms. The molecular weight excluding hydrogens is 547 g/mol. The van der Waals surface area contributed by atoms with Gasteiger partial charge in [-0.15, -0.1) is 0 Å². The van der Waals surface area contributed by atoms with Gasteiger partial charge < -0.3 is 0 Å². The third kappa shape index (κ3) is 9.39. The van der Waals surface area contributed by atoms with Crippen LogP contribution in [-0.2, 0) is 13.1 Å². The van der Waals surface area contributed by atoms with Crippen molar-refractivity contribution in [3.63, 3.8) is 0 Å². The molecule has 0 aromatic carbocycles. The Bertz CT molecular complexity index is 869. The minimum atomic E-state index is -0.694. The summed E-state index contributed by atoms with van der Waals surface area (Å²) >= 11 is -0.0750. The summed E-state index contributed by atoms with van der Waals surface area (Å²) in [6.45, 7) is 10.6. The van der Waals surface area contributed by atoms with Crippen LogP contribution < -0.4 is 8.92 Å². The van der Waals surface area contributed by atoms with E-state index in [1.54, 1.807) is 0 Å². The number of aliphatic hydroxyl groups is 6. The van der Waals surface area contributed by atoms with E-state index in [0.717, 1.165) is 31.7 Å². The maximum atomic E-state index is 10.6. The fourth-order valence-electron chi connectivity index (χ4n) is 4.38. The molecule has 6 N–H and O–H groups in total. The Morgan fingerprint density at radius 2 is 0.973 bits per heavy atom. The topological polar surface area (TPSA) is 163 Å². The fraction of sp³-hybridized carbons (Fsp3) is 0.750. The van der Waals surface area contributed by atoms with Gasteiger partial charge in [0.2, 0.25) is 0 Å². The van der Waals surface area contributed by atoms with Crippen LogP contribution in [0.1, 0.15) is 22.8 Å². The standard InChI is InChI=1S/C24H44N6O6Se/c1-17-23(19(3)29(25-17)15-21(35)13-27(5-9-31)6-10-32)37-24-18(2)26-30(20(24)4)16-22(36)14-28(7-11-33)8-12-34/h21-22,31-36H,5-16H2,1-4H3. The average molecular weight is 592 g/mol. The van der Waals surface area contributed by atoms with E-state index in [1.165, 1.54) is 0 Å². The third-order valence-corrected chi connectivity index (χ3v) is 9.54. The molecule has 2 aromatic heterocycles. The first-order valence-electron chi connectivity index (χ1n) is 12.6. The van der Waals surface area contributed by atoms with Crippen molar-refractivity contribution in [3.8, 4) is 0 Å². The van der Waals surface area contributed by atoms with Crippen LogP contribution in [-0.4, -0.2) is 153 Å². The average Bonchev–Trinajstić information content (AvgIpc) is 3.23. The zero-order chi connectivity index (χ0) is 27.5. The van der Waals surface area contributed by atoms with Crippen LogP contribution in [0, 0.1) is 27.7 Å². The molecule has 12 nitrogen and oxygen atoms in total. The van der Waals surface area contributed by atoms with Crippen molar-refractivity contribution in [2.75, 3.05) is 65.7 Å². The molecule has 0 fully saturated rings. The van der Waals surface area contributed by atoms with Crippen molar-refractivity contribution in [1.29, 1.82) is 0 Å². The van der Waals surface area contributed by atoms with Crippen molar-refractivity contribution in [2.45, 2.75) is 53.0 Å². The van der Waals surface area contributed by atoms with Crippen molar-refractivity contribution in [1.82, 2.24) is 29.4 Å². The van der Waals surface area contributed by atoms with Crippen molar-refractivity contribution >= 4 is 23.9 Å². The van der Waals surface area contributed by atoms with Gasteiger partial charge in [0.15, 0.2) is 0 Å². The number of aryl methyl sites for hydroxylation is 2. The summed E-state index contributed by atoms with van der Waals surface area (Å²) in [5.41, 5.74) is 3.79. The zero-order valence-corrected chi connectivity index (χ0v) is 24.1. The molecule has 0 aliphatic carbocycles. The van der Waals surface area contributed by atoms with Crippen LogP contribution in [0.4, 0.5) is 0 Å². The van der Waals surface area contributed by atoms with Crippen molar-refractivity contribution < 1.29 is 30.6 Å². The Hall–Kier alpha value is -1.38. The van der Waals surface area contributed by atoms with Crippen molar-refractivity contribution in [3.05, 3.63) is 22.8 Å². The Kier molecular flexibility index (Phi) is 13.7. The Labute approximate surface area is 225 Å². The number of nitrogens with zero attached hydrogens (tertiary/aromatic N) is 6. The van der Waals surface area contributed by atoms with Crippen LogP contribution >= 0.6 is 0 Å². The summed E-state index contributed by atoms with van der Waals surface area (Å²) in [7, 11) is 0.